The van der Waals surface area contributed by atoms with Crippen LogP contribution < -0.4 is 5.32 Å². The molecule has 1 atom stereocenters. The van der Waals surface area contributed by atoms with Crippen LogP contribution in [0.25, 0.3) is 0 Å². The van der Waals surface area contributed by atoms with E-state index in [1.807, 2.05) is 13.2 Å². The Morgan fingerprint density at radius 3 is 3.08 bits per heavy atom. The van der Waals surface area contributed by atoms with Gasteiger partial charge in [-0.15, -0.1) is 0 Å². The van der Waals surface area contributed by atoms with E-state index in [4.69, 9.17) is 0 Å². The summed E-state index contributed by atoms with van der Waals surface area (Å²) in [6.07, 6.45) is 3.18. The summed E-state index contributed by atoms with van der Waals surface area (Å²) in [7, 11) is 4.04. The molecular weight excluding hydrogens is 164 g/mol. The lowest BCUT2D eigenvalue weighted by Gasteiger charge is -2.07. The number of aromatic amines is 1. The van der Waals surface area contributed by atoms with Crippen molar-refractivity contribution in [2.75, 3.05) is 32.5 Å². The number of likely N-dealkylation sites (N-methyl/N-ethyl adjacent to an activating group) is 1. The van der Waals surface area contributed by atoms with Gasteiger partial charge in [-0.1, -0.05) is 0 Å². The quantitative estimate of drug-likeness (QED) is 0.709. The topological polar surface area (TPSA) is 44.0 Å². The Morgan fingerprint density at radius 1 is 1.69 bits per heavy atom. The zero-order chi connectivity index (χ0) is 9.26. The highest BCUT2D eigenvalue weighted by atomic mass is 15.1. The number of imidazole rings is 1. The van der Waals surface area contributed by atoms with E-state index in [0.717, 1.165) is 12.5 Å². The van der Waals surface area contributed by atoms with Gasteiger partial charge in [-0.25, -0.2) is 4.98 Å². The number of nitrogens with one attached hydrogen (secondary N) is 2. The maximum Gasteiger partial charge on any atom is 0.200 e. The van der Waals surface area contributed by atoms with Crippen molar-refractivity contribution in [3.05, 3.63) is 11.9 Å². The lowest BCUT2D eigenvalue weighted by molar-refractivity contribution is 0.411. The van der Waals surface area contributed by atoms with Crippen LogP contribution in [0.1, 0.15) is 18.0 Å². The van der Waals surface area contributed by atoms with Crippen LogP contribution in [0.5, 0.6) is 0 Å². The summed E-state index contributed by atoms with van der Waals surface area (Å²) >= 11 is 0. The summed E-state index contributed by atoms with van der Waals surface area (Å²) in [5, 5.41) is 3.00. The van der Waals surface area contributed by atoms with E-state index in [2.05, 4.69) is 27.2 Å². The molecule has 0 amide bonds. The zero-order valence-corrected chi connectivity index (χ0v) is 8.17. The highest BCUT2D eigenvalue weighted by Gasteiger charge is 2.22. The number of likely N-dealkylation sites (tertiary alicyclic amines) is 1. The van der Waals surface area contributed by atoms with Crippen molar-refractivity contribution in [2.45, 2.75) is 12.3 Å². The molecule has 2 N–H and O–H groups in total. The second-order valence-electron chi connectivity index (χ2n) is 3.68. The molecule has 1 aliphatic rings. The molecule has 4 heteroatoms. The second-order valence-corrected chi connectivity index (χ2v) is 3.68. The molecule has 0 aliphatic carbocycles. The standard InChI is InChI=1S/C9H16N4/c1-10-9-11-5-8(12-9)7-3-4-13(2)6-7/h5,7H,3-4,6H2,1-2H3,(H2,10,11,12). The molecule has 72 valence electrons. The van der Waals surface area contributed by atoms with Gasteiger partial charge in [0.2, 0.25) is 0 Å². The number of hydrogen-bond donors (Lipinski definition) is 2. The monoisotopic (exact) mass is 180 g/mol. The van der Waals surface area contributed by atoms with Crippen molar-refractivity contribution in [1.29, 1.82) is 0 Å². The Kier molecular flexibility index (Phi) is 2.22. The summed E-state index contributed by atoms with van der Waals surface area (Å²) < 4.78 is 0. The minimum Gasteiger partial charge on any atom is -0.359 e. The van der Waals surface area contributed by atoms with Crippen LogP contribution >= 0.6 is 0 Å². The second kappa shape index (κ2) is 3.38. The third-order valence-electron chi connectivity index (χ3n) is 2.66. The summed E-state index contributed by atoms with van der Waals surface area (Å²) in [5.74, 6) is 1.50. The average molecular weight is 180 g/mol. The Balaban J connectivity index is 2.08. The Bertz CT molecular complexity index is 281. The van der Waals surface area contributed by atoms with Crippen molar-refractivity contribution < 1.29 is 0 Å². The number of anilines is 1. The van der Waals surface area contributed by atoms with Crippen LogP contribution in [0.3, 0.4) is 0 Å². The van der Waals surface area contributed by atoms with Gasteiger partial charge < -0.3 is 15.2 Å². The van der Waals surface area contributed by atoms with E-state index in [1.165, 1.54) is 18.7 Å². The largest absolute Gasteiger partial charge is 0.359 e. The first-order valence-electron chi connectivity index (χ1n) is 4.71. The fourth-order valence-electron chi connectivity index (χ4n) is 1.86. The average Bonchev–Trinajstić information content (AvgIpc) is 2.71. The number of H-pyrrole nitrogens is 1. The van der Waals surface area contributed by atoms with Crippen LogP contribution in [-0.2, 0) is 0 Å². The van der Waals surface area contributed by atoms with Crippen LogP contribution in [0, 0.1) is 0 Å². The summed E-state index contributed by atoms with van der Waals surface area (Å²) in [5.41, 5.74) is 1.26. The van der Waals surface area contributed by atoms with Crippen molar-refractivity contribution >= 4 is 5.95 Å². The van der Waals surface area contributed by atoms with E-state index < -0.39 is 0 Å². The first kappa shape index (κ1) is 8.56. The molecule has 0 aromatic carbocycles. The van der Waals surface area contributed by atoms with E-state index in [1.54, 1.807) is 0 Å². The lowest BCUT2D eigenvalue weighted by Crippen LogP contribution is -2.13. The first-order chi connectivity index (χ1) is 6.29. The molecule has 1 fully saturated rings. The molecular formula is C9H16N4. The van der Waals surface area contributed by atoms with E-state index in [-0.39, 0.29) is 0 Å². The molecule has 1 saturated heterocycles. The van der Waals surface area contributed by atoms with Gasteiger partial charge in [0.1, 0.15) is 0 Å². The normalized spacial score (nSPS) is 23.7. The van der Waals surface area contributed by atoms with Crippen LogP contribution in [-0.4, -0.2) is 42.1 Å². The third-order valence-corrected chi connectivity index (χ3v) is 2.66. The van der Waals surface area contributed by atoms with E-state index >= 15 is 0 Å². The number of nitrogens with zero attached hydrogens (tertiary/aromatic N) is 2. The maximum absolute atomic E-state index is 4.22. The summed E-state index contributed by atoms with van der Waals surface area (Å²) in [6, 6.07) is 0. The van der Waals surface area contributed by atoms with Gasteiger partial charge in [0.15, 0.2) is 5.95 Å². The predicted octanol–water partition coefficient (Wildman–Crippen LogP) is 0.870. The number of aromatic nitrogens is 2. The minimum atomic E-state index is 0.639. The van der Waals surface area contributed by atoms with E-state index in [0.29, 0.717) is 5.92 Å². The number of hydrogen-bond acceptors (Lipinski definition) is 3. The molecule has 1 unspecified atom stereocenters. The Hall–Kier alpha value is -1.03. The molecule has 1 aromatic rings. The summed E-state index contributed by atoms with van der Waals surface area (Å²) in [4.78, 5) is 9.85. The van der Waals surface area contributed by atoms with Gasteiger partial charge in [0.05, 0.1) is 6.20 Å². The van der Waals surface area contributed by atoms with Gasteiger partial charge in [-0.05, 0) is 20.0 Å². The van der Waals surface area contributed by atoms with Crippen molar-refractivity contribution in [3.8, 4) is 0 Å². The van der Waals surface area contributed by atoms with Gasteiger partial charge in [-0.3, -0.25) is 0 Å². The maximum atomic E-state index is 4.22. The van der Waals surface area contributed by atoms with Crippen molar-refractivity contribution in [1.82, 2.24) is 14.9 Å². The highest BCUT2D eigenvalue weighted by molar-refractivity contribution is 5.26. The zero-order valence-electron chi connectivity index (χ0n) is 8.17. The molecule has 2 rings (SSSR count). The molecule has 4 nitrogen and oxygen atoms in total. The fraction of sp³-hybridized carbons (Fsp3) is 0.667. The molecule has 0 spiro atoms. The molecule has 13 heavy (non-hydrogen) atoms. The number of rotatable bonds is 2. The van der Waals surface area contributed by atoms with Crippen LogP contribution in [0.4, 0.5) is 5.95 Å². The predicted molar refractivity (Wildman–Crippen MR) is 53.0 cm³/mol. The van der Waals surface area contributed by atoms with E-state index in [9.17, 15) is 0 Å². The smallest absolute Gasteiger partial charge is 0.200 e. The molecule has 2 heterocycles. The third kappa shape index (κ3) is 1.67. The van der Waals surface area contributed by atoms with Gasteiger partial charge in [-0.2, -0.15) is 0 Å². The van der Waals surface area contributed by atoms with Crippen LogP contribution in [0.15, 0.2) is 6.20 Å². The molecule has 0 radical (unpaired) electrons. The molecule has 0 saturated carbocycles. The fourth-order valence-corrected chi connectivity index (χ4v) is 1.86. The SMILES string of the molecule is CNc1ncc(C2CCN(C)C2)[nH]1. The van der Waals surface area contributed by atoms with Crippen LogP contribution in [0.2, 0.25) is 0 Å². The molecule has 1 aliphatic heterocycles. The summed E-state index contributed by atoms with van der Waals surface area (Å²) in [6.45, 7) is 2.34. The van der Waals surface area contributed by atoms with Gasteiger partial charge in [0, 0.05) is 25.2 Å². The highest BCUT2D eigenvalue weighted by Crippen LogP contribution is 2.25. The minimum absolute atomic E-state index is 0.639. The Labute approximate surface area is 78.4 Å². The van der Waals surface area contributed by atoms with Gasteiger partial charge in [0.25, 0.3) is 0 Å². The Morgan fingerprint density at radius 2 is 2.54 bits per heavy atom. The van der Waals surface area contributed by atoms with Crippen molar-refractivity contribution in [3.63, 3.8) is 0 Å². The lowest BCUT2D eigenvalue weighted by atomic mass is 10.1. The molecule has 1 aromatic heterocycles. The van der Waals surface area contributed by atoms with Crippen molar-refractivity contribution in [2.24, 2.45) is 0 Å². The first-order valence-corrected chi connectivity index (χ1v) is 4.71. The van der Waals surface area contributed by atoms with Gasteiger partial charge >= 0.3 is 0 Å². The molecule has 0 bridgehead atoms.